The number of benzene rings is 2. The Balaban J connectivity index is 1.35. The Kier molecular flexibility index (Phi) is 6.54. The van der Waals surface area contributed by atoms with Gasteiger partial charge in [-0.05, 0) is 35.9 Å². The van der Waals surface area contributed by atoms with Crippen LogP contribution in [0.3, 0.4) is 0 Å². The molecule has 0 fully saturated rings. The van der Waals surface area contributed by atoms with Gasteiger partial charge in [-0.2, -0.15) is 4.52 Å². The minimum Gasteiger partial charge on any atom is -0.496 e. The van der Waals surface area contributed by atoms with Crippen LogP contribution >= 0.6 is 0 Å². The van der Waals surface area contributed by atoms with Crippen LogP contribution in [0.25, 0.3) is 5.65 Å². The lowest BCUT2D eigenvalue weighted by atomic mass is 10.2. The molecule has 2 heterocycles. The summed E-state index contributed by atoms with van der Waals surface area (Å²) in [5.74, 6) is 1.59. The van der Waals surface area contributed by atoms with Crippen LogP contribution in [-0.4, -0.2) is 32.8 Å². The third-order valence-electron chi connectivity index (χ3n) is 4.96. The van der Waals surface area contributed by atoms with E-state index in [2.05, 4.69) is 25.9 Å². The predicted octanol–water partition coefficient (Wildman–Crippen LogP) is 3.13. The lowest BCUT2D eigenvalue weighted by Gasteiger charge is -2.09. The molecule has 2 N–H and O–H groups in total. The lowest BCUT2D eigenvalue weighted by molar-refractivity contribution is -0.121. The van der Waals surface area contributed by atoms with Gasteiger partial charge in [-0.25, -0.2) is 4.39 Å². The van der Waals surface area contributed by atoms with Crippen LogP contribution in [0.5, 0.6) is 5.75 Å². The van der Waals surface area contributed by atoms with Gasteiger partial charge in [0.1, 0.15) is 17.4 Å². The first-order valence-corrected chi connectivity index (χ1v) is 10.2. The highest BCUT2D eigenvalue weighted by atomic mass is 19.1. The molecule has 0 saturated carbocycles. The smallest absolute Gasteiger partial charge is 0.220 e. The largest absolute Gasteiger partial charge is 0.496 e. The number of carbonyl (C=O) groups excluding carboxylic acids is 1. The van der Waals surface area contributed by atoms with Crippen LogP contribution in [0, 0.1) is 5.82 Å². The first kappa shape index (κ1) is 21.2. The molecule has 0 spiro atoms. The van der Waals surface area contributed by atoms with Crippen molar-refractivity contribution in [3.05, 3.63) is 83.4 Å². The van der Waals surface area contributed by atoms with E-state index < -0.39 is 0 Å². The Morgan fingerprint density at radius 2 is 1.84 bits per heavy atom. The number of fused-ring (bicyclic) bond motifs is 1. The second kappa shape index (κ2) is 9.86. The van der Waals surface area contributed by atoms with E-state index in [1.165, 1.54) is 12.1 Å². The number of para-hydroxylation sites is 1. The molecule has 2 aromatic carbocycles. The van der Waals surface area contributed by atoms with Crippen molar-refractivity contribution in [2.75, 3.05) is 12.4 Å². The summed E-state index contributed by atoms with van der Waals surface area (Å²) in [5.41, 5.74) is 2.44. The molecular formula is C23H23FN6O2. The van der Waals surface area contributed by atoms with E-state index >= 15 is 0 Å². The zero-order valence-corrected chi connectivity index (χ0v) is 17.6. The lowest BCUT2D eigenvalue weighted by Crippen LogP contribution is -2.23. The summed E-state index contributed by atoms with van der Waals surface area (Å²) >= 11 is 0. The van der Waals surface area contributed by atoms with Crippen molar-refractivity contribution in [3.8, 4) is 5.75 Å². The zero-order valence-electron chi connectivity index (χ0n) is 17.6. The van der Waals surface area contributed by atoms with Crippen LogP contribution in [-0.2, 0) is 24.3 Å². The van der Waals surface area contributed by atoms with E-state index in [1.54, 1.807) is 35.9 Å². The summed E-state index contributed by atoms with van der Waals surface area (Å²) in [5, 5.41) is 18.9. The summed E-state index contributed by atoms with van der Waals surface area (Å²) in [7, 11) is 1.60. The van der Waals surface area contributed by atoms with Crippen molar-refractivity contribution < 1.29 is 13.9 Å². The Hall–Kier alpha value is -4.01. The average Bonchev–Trinajstić information content (AvgIpc) is 3.23. The first-order valence-electron chi connectivity index (χ1n) is 10.2. The van der Waals surface area contributed by atoms with Crippen molar-refractivity contribution in [1.29, 1.82) is 0 Å². The second-order valence-corrected chi connectivity index (χ2v) is 7.17. The molecule has 4 rings (SSSR count). The van der Waals surface area contributed by atoms with Gasteiger partial charge in [0, 0.05) is 31.5 Å². The fourth-order valence-electron chi connectivity index (χ4n) is 3.23. The van der Waals surface area contributed by atoms with Gasteiger partial charge < -0.3 is 15.4 Å². The van der Waals surface area contributed by atoms with Crippen molar-refractivity contribution >= 4 is 17.4 Å². The van der Waals surface area contributed by atoms with E-state index in [0.29, 0.717) is 36.8 Å². The molecule has 0 saturated heterocycles. The maximum absolute atomic E-state index is 13.0. The topological polar surface area (TPSA) is 93.4 Å². The number of rotatable bonds is 9. The number of hydrogen-bond donors (Lipinski definition) is 2. The maximum atomic E-state index is 13.0. The standard InChI is InChI=1S/C23H23FN6O2/c1-32-19-5-3-2-4-17(19)15-26-23(31)13-12-22-28-27-21-11-10-20(29-30(21)22)25-14-16-6-8-18(24)9-7-16/h2-11H,12-15H2,1H3,(H,25,29)(H,26,31). The first-order chi connectivity index (χ1) is 15.6. The van der Waals surface area contributed by atoms with Gasteiger partial charge in [0.15, 0.2) is 11.5 Å². The minimum atomic E-state index is -0.269. The fourth-order valence-corrected chi connectivity index (χ4v) is 3.23. The zero-order chi connectivity index (χ0) is 22.3. The molecule has 0 radical (unpaired) electrons. The van der Waals surface area contributed by atoms with Gasteiger partial charge in [0.05, 0.1) is 7.11 Å². The van der Waals surface area contributed by atoms with E-state index in [0.717, 1.165) is 16.9 Å². The quantitative estimate of drug-likeness (QED) is 0.420. The van der Waals surface area contributed by atoms with E-state index in [4.69, 9.17) is 4.74 Å². The third kappa shape index (κ3) is 5.18. The van der Waals surface area contributed by atoms with Crippen molar-refractivity contribution in [2.45, 2.75) is 25.9 Å². The van der Waals surface area contributed by atoms with Crippen LogP contribution < -0.4 is 15.4 Å². The highest BCUT2D eigenvalue weighted by molar-refractivity contribution is 5.76. The number of aromatic nitrogens is 4. The number of methoxy groups -OCH3 is 1. The van der Waals surface area contributed by atoms with Crippen LogP contribution in [0.4, 0.5) is 10.2 Å². The van der Waals surface area contributed by atoms with Crippen molar-refractivity contribution in [2.24, 2.45) is 0 Å². The molecule has 0 atom stereocenters. The van der Waals surface area contributed by atoms with E-state index in [9.17, 15) is 9.18 Å². The molecule has 0 aliphatic heterocycles. The van der Waals surface area contributed by atoms with E-state index in [1.807, 2.05) is 24.3 Å². The van der Waals surface area contributed by atoms with Gasteiger partial charge in [-0.3, -0.25) is 4.79 Å². The van der Waals surface area contributed by atoms with Gasteiger partial charge in [0.25, 0.3) is 0 Å². The molecule has 4 aromatic rings. The van der Waals surface area contributed by atoms with Crippen LogP contribution in [0.2, 0.25) is 0 Å². The minimum absolute atomic E-state index is 0.0988. The molecular weight excluding hydrogens is 411 g/mol. The third-order valence-corrected chi connectivity index (χ3v) is 4.96. The van der Waals surface area contributed by atoms with Gasteiger partial charge in [-0.1, -0.05) is 30.3 Å². The number of ether oxygens (including phenoxy) is 1. The number of amides is 1. The highest BCUT2D eigenvalue weighted by Crippen LogP contribution is 2.17. The number of halogens is 1. The SMILES string of the molecule is COc1ccccc1CNC(=O)CCc1nnc2ccc(NCc3ccc(F)cc3)nn12. The molecule has 0 bridgehead atoms. The Labute approximate surface area is 184 Å². The van der Waals surface area contributed by atoms with Gasteiger partial charge >= 0.3 is 0 Å². The monoisotopic (exact) mass is 434 g/mol. The molecule has 0 aliphatic rings. The van der Waals surface area contributed by atoms with Gasteiger partial charge in [-0.15, -0.1) is 15.3 Å². The van der Waals surface area contributed by atoms with Crippen molar-refractivity contribution in [3.63, 3.8) is 0 Å². The molecule has 2 aromatic heterocycles. The van der Waals surface area contributed by atoms with Crippen LogP contribution in [0.15, 0.2) is 60.7 Å². The number of nitrogens with one attached hydrogen (secondary N) is 2. The Morgan fingerprint density at radius 3 is 2.66 bits per heavy atom. The summed E-state index contributed by atoms with van der Waals surface area (Å²) in [6.07, 6.45) is 0.651. The summed E-state index contributed by atoms with van der Waals surface area (Å²) in [6, 6.07) is 17.4. The van der Waals surface area contributed by atoms with Crippen molar-refractivity contribution in [1.82, 2.24) is 25.1 Å². The fraction of sp³-hybridized carbons (Fsp3) is 0.217. The Morgan fingerprint density at radius 1 is 1.03 bits per heavy atom. The Bertz CT molecular complexity index is 1210. The van der Waals surface area contributed by atoms with Crippen LogP contribution in [0.1, 0.15) is 23.4 Å². The molecule has 164 valence electrons. The number of aryl methyl sites for hydroxylation is 1. The molecule has 1 amide bonds. The highest BCUT2D eigenvalue weighted by Gasteiger charge is 2.11. The number of carbonyl (C=O) groups is 1. The normalized spacial score (nSPS) is 10.8. The summed E-state index contributed by atoms with van der Waals surface area (Å²) in [4.78, 5) is 12.3. The second-order valence-electron chi connectivity index (χ2n) is 7.17. The number of anilines is 1. The maximum Gasteiger partial charge on any atom is 0.220 e. The number of nitrogens with zero attached hydrogens (tertiary/aromatic N) is 4. The molecule has 32 heavy (non-hydrogen) atoms. The molecule has 8 nitrogen and oxygen atoms in total. The summed E-state index contributed by atoms with van der Waals surface area (Å²) < 4.78 is 20.0. The predicted molar refractivity (Wildman–Crippen MR) is 118 cm³/mol. The number of hydrogen-bond acceptors (Lipinski definition) is 6. The molecule has 0 unspecified atom stereocenters. The average molecular weight is 434 g/mol. The van der Waals surface area contributed by atoms with Gasteiger partial charge in [0.2, 0.25) is 5.91 Å². The molecule has 9 heteroatoms. The molecule has 0 aliphatic carbocycles. The van der Waals surface area contributed by atoms with E-state index in [-0.39, 0.29) is 18.1 Å². The summed E-state index contributed by atoms with van der Waals surface area (Å²) in [6.45, 7) is 0.890.